The molecule has 0 aliphatic heterocycles. The van der Waals surface area contributed by atoms with Crippen LogP contribution in [0.3, 0.4) is 0 Å². The van der Waals surface area contributed by atoms with Crippen LogP contribution < -0.4 is 16.0 Å². The smallest absolute Gasteiger partial charge is 0.251 e. The molecule has 49 heavy (non-hydrogen) atoms. The summed E-state index contributed by atoms with van der Waals surface area (Å²) >= 11 is 0. The zero-order valence-electron chi connectivity index (χ0n) is 28.7. The van der Waals surface area contributed by atoms with Crippen LogP contribution in [-0.2, 0) is 34.0 Å². The standard InChI is InChI=1S/C37H49F2N3O5S.ClH/c1-5-9-32(10-6-2)48(46,47)24-34(42-36(44)29-15-13-25(4)14-16-29)37(45)41-33(20-28-18-30(38)21-31(39)19-28)35(43)23-40-22-27-12-8-11-26(7-3)17-27;/h8,11-19,21,32-35,40,43H,5-7,9-10,20,22-24H2,1-4H3,(H,41,45)(H,42,44);1H/t33-,34-,35+;/m0./s1. The van der Waals surface area contributed by atoms with Crippen LogP contribution in [0.1, 0.15) is 79.1 Å². The normalized spacial score (nSPS) is 13.3. The van der Waals surface area contributed by atoms with E-state index in [1.165, 1.54) is 0 Å². The molecule has 0 radical (unpaired) electrons. The van der Waals surface area contributed by atoms with E-state index in [2.05, 4.69) is 16.0 Å². The Hall–Kier alpha value is -3.38. The van der Waals surface area contributed by atoms with Gasteiger partial charge in [-0.15, -0.1) is 12.4 Å². The summed E-state index contributed by atoms with van der Waals surface area (Å²) in [6.45, 7) is 8.11. The third kappa shape index (κ3) is 13.5. The monoisotopic (exact) mass is 721 g/mol. The molecule has 0 unspecified atom stereocenters. The van der Waals surface area contributed by atoms with E-state index in [1.54, 1.807) is 24.3 Å². The Morgan fingerprint density at radius 2 is 1.45 bits per heavy atom. The predicted octanol–water partition coefficient (Wildman–Crippen LogP) is 5.62. The Balaban J connectivity index is 0.00000833. The topological polar surface area (TPSA) is 125 Å². The fourth-order valence-corrected chi connectivity index (χ4v) is 7.82. The van der Waals surface area contributed by atoms with Gasteiger partial charge in [0.05, 0.1) is 23.1 Å². The van der Waals surface area contributed by atoms with Crippen LogP contribution in [-0.4, -0.2) is 61.1 Å². The molecule has 0 aliphatic carbocycles. The molecule has 12 heteroatoms. The first-order chi connectivity index (χ1) is 22.8. The minimum atomic E-state index is -3.85. The zero-order chi connectivity index (χ0) is 35.3. The van der Waals surface area contributed by atoms with Crippen molar-refractivity contribution in [3.63, 3.8) is 0 Å². The van der Waals surface area contributed by atoms with E-state index in [9.17, 15) is 31.9 Å². The second-order valence-corrected chi connectivity index (χ2v) is 14.7. The van der Waals surface area contributed by atoms with Crippen molar-refractivity contribution in [1.29, 1.82) is 0 Å². The van der Waals surface area contributed by atoms with Crippen molar-refractivity contribution in [2.24, 2.45) is 0 Å². The number of rotatable bonds is 19. The Bertz CT molecular complexity index is 1580. The minimum absolute atomic E-state index is 0. The van der Waals surface area contributed by atoms with Crippen LogP contribution in [0.5, 0.6) is 0 Å². The van der Waals surface area contributed by atoms with Gasteiger partial charge in [0.2, 0.25) is 5.91 Å². The average molecular weight is 722 g/mol. The van der Waals surface area contributed by atoms with Crippen molar-refractivity contribution in [2.45, 2.75) is 96.2 Å². The third-order valence-corrected chi connectivity index (χ3v) is 10.6. The first-order valence-electron chi connectivity index (χ1n) is 16.7. The van der Waals surface area contributed by atoms with Gasteiger partial charge in [-0.25, -0.2) is 17.2 Å². The van der Waals surface area contributed by atoms with E-state index in [-0.39, 0.29) is 36.5 Å². The highest BCUT2D eigenvalue weighted by atomic mass is 35.5. The molecule has 8 nitrogen and oxygen atoms in total. The molecular formula is C37H50ClF2N3O5S. The van der Waals surface area contributed by atoms with Gasteiger partial charge in [0.1, 0.15) is 17.7 Å². The molecule has 4 N–H and O–H groups in total. The highest BCUT2D eigenvalue weighted by Gasteiger charge is 2.34. The lowest BCUT2D eigenvalue weighted by molar-refractivity contribution is -0.124. The molecule has 3 aromatic rings. The summed E-state index contributed by atoms with van der Waals surface area (Å²) < 4.78 is 55.5. The van der Waals surface area contributed by atoms with Crippen LogP contribution in [0.15, 0.2) is 66.7 Å². The van der Waals surface area contributed by atoms with Crippen LogP contribution in [0.25, 0.3) is 0 Å². The summed E-state index contributed by atoms with van der Waals surface area (Å²) in [5, 5.41) is 19.1. The number of amides is 2. The van der Waals surface area contributed by atoms with Gasteiger partial charge < -0.3 is 21.1 Å². The third-order valence-electron chi connectivity index (χ3n) is 8.32. The molecule has 0 spiro atoms. The molecule has 270 valence electrons. The van der Waals surface area contributed by atoms with Gasteiger partial charge >= 0.3 is 0 Å². The number of hydrogen-bond donors (Lipinski definition) is 4. The van der Waals surface area contributed by atoms with Gasteiger partial charge in [0, 0.05) is 24.7 Å². The summed E-state index contributed by atoms with van der Waals surface area (Å²) in [7, 11) is -3.85. The Morgan fingerprint density at radius 1 is 0.837 bits per heavy atom. The molecule has 0 aromatic heterocycles. The molecule has 0 saturated carbocycles. The number of carbonyl (C=O) groups is 2. The van der Waals surface area contributed by atoms with E-state index < -0.39 is 62.5 Å². The van der Waals surface area contributed by atoms with E-state index in [0.29, 0.717) is 32.2 Å². The van der Waals surface area contributed by atoms with Crippen molar-refractivity contribution in [1.82, 2.24) is 16.0 Å². The molecule has 0 saturated heterocycles. The quantitative estimate of drug-likeness (QED) is 0.128. The van der Waals surface area contributed by atoms with Crippen molar-refractivity contribution in [3.8, 4) is 0 Å². The number of aliphatic hydroxyl groups is 1. The number of hydrogen-bond acceptors (Lipinski definition) is 6. The lowest BCUT2D eigenvalue weighted by Crippen LogP contribution is -2.57. The predicted molar refractivity (Wildman–Crippen MR) is 193 cm³/mol. The largest absolute Gasteiger partial charge is 0.390 e. The van der Waals surface area contributed by atoms with Crippen LogP contribution in [0.4, 0.5) is 8.78 Å². The molecule has 3 aromatic carbocycles. The number of sulfone groups is 1. The lowest BCUT2D eigenvalue weighted by Gasteiger charge is -2.28. The first-order valence-corrected chi connectivity index (χ1v) is 18.4. The zero-order valence-corrected chi connectivity index (χ0v) is 30.3. The minimum Gasteiger partial charge on any atom is -0.390 e. The van der Waals surface area contributed by atoms with Crippen molar-refractivity contribution in [3.05, 3.63) is 106 Å². The summed E-state index contributed by atoms with van der Waals surface area (Å²) in [6.07, 6.45) is 1.55. The number of aryl methyl sites for hydroxylation is 2. The highest BCUT2D eigenvalue weighted by Crippen LogP contribution is 2.18. The second kappa shape index (κ2) is 20.3. The van der Waals surface area contributed by atoms with Crippen LogP contribution in [0, 0.1) is 18.6 Å². The van der Waals surface area contributed by atoms with E-state index in [0.717, 1.165) is 41.3 Å². The molecule has 0 heterocycles. The number of halogens is 3. The fourth-order valence-electron chi connectivity index (χ4n) is 5.66. The number of nitrogens with one attached hydrogen (secondary N) is 3. The van der Waals surface area contributed by atoms with Gasteiger partial charge in [-0.05, 0) is 73.6 Å². The summed E-state index contributed by atoms with van der Waals surface area (Å²) in [4.78, 5) is 27.2. The maximum absolute atomic E-state index is 14.1. The van der Waals surface area contributed by atoms with Crippen LogP contribution >= 0.6 is 12.4 Å². The van der Waals surface area contributed by atoms with E-state index >= 15 is 0 Å². The van der Waals surface area contributed by atoms with Crippen molar-refractivity contribution < 1.29 is 31.9 Å². The van der Waals surface area contributed by atoms with Gasteiger partial charge in [-0.1, -0.05) is 75.6 Å². The summed E-state index contributed by atoms with van der Waals surface area (Å²) in [5.41, 5.74) is 3.50. The Labute approximate surface area is 295 Å². The van der Waals surface area contributed by atoms with Crippen molar-refractivity contribution >= 4 is 34.1 Å². The Kier molecular flexibility index (Phi) is 17.3. The lowest BCUT2D eigenvalue weighted by atomic mass is 10.00. The maximum Gasteiger partial charge on any atom is 0.251 e. The number of benzene rings is 3. The number of aliphatic hydroxyl groups excluding tert-OH is 1. The molecule has 3 rings (SSSR count). The fraction of sp³-hybridized carbons (Fsp3) is 0.459. The van der Waals surface area contributed by atoms with Gasteiger partial charge in [-0.2, -0.15) is 0 Å². The molecule has 0 bridgehead atoms. The van der Waals surface area contributed by atoms with E-state index in [1.807, 2.05) is 52.0 Å². The average Bonchev–Trinajstić information content (AvgIpc) is 3.03. The van der Waals surface area contributed by atoms with Gasteiger partial charge in [0.25, 0.3) is 5.91 Å². The molecule has 0 fully saturated rings. The van der Waals surface area contributed by atoms with Crippen molar-refractivity contribution in [2.75, 3.05) is 12.3 Å². The van der Waals surface area contributed by atoms with Crippen LogP contribution in [0.2, 0.25) is 0 Å². The summed E-state index contributed by atoms with van der Waals surface area (Å²) in [6, 6.07) is 14.9. The molecule has 0 aliphatic rings. The molecule has 2 amide bonds. The SMILES string of the molecule is CCCC(CCC)S(=O)(=O)C[C@H](NC(=O)c1ccc(C)cc1)C(=O)N[C@@H](Cc1cc(F)cc(F)c1)[C@H](O)CNCc1cccc(CC)c1.Cl. The highest BCUT2D eigenvalue weighted by molar-refractivity contribution is 7.92. The second-order valence-electron chi connectivity index (χ2n) is 12.4. The molecule has 3 atom stereocenters. The maximum atomic E-state index is 14.1. The first kappa shape index (κ1) is 41.8. The number of carbonyl (C=O) groups excluding carboxylic acids is 2. The van der Waals surface area contributed by atoms with Gasteiger partial charge in [-0.3, -0.25) is 9.59 Å². The Morgan fingerprint density at radius 3 is 2.04 bits per heavy atom. The van der Waals surface area contributed by atoms with Gasteiger partial charge in [0.15, 0.2) is 9.84 Å². The molecular weight excluding hydrogens is 672 g/mol. The summed E-state index contributed by atoms with van der Waals surface area (Å²) in [5.74, 6) is -3.74. The van der Waals surface area contributed by atoms with E-state index in [4.69, 9.17) is 0 Å².